The lowest BCUT2D eigenvalue weighted by Gasteiger charge is -2.16. The minimum Gasteiger partial charge on any atom is -0.352 e. The summed E-state index contributed by atoms with van der Waals surface area (Å²) in [5, 5.41) is 3.05. The summed E-state index contributed by atoms with van der Waals surface area (Å²) in [4.78, 5) is 25.3. The molecular weight excluding hydrogens is 342 g/mol. The van der Waals surface area contributed by atoms with Crippen molar-refractivity contribution in [1.29, 1.82) is 0 Å². The SMILES string of the molecule is CC(Cc1cnccn1)NC(=O)C1CC(Cn2cnc3ccccc32)NN1. The Morgan fingerprint density at radius 2 is 2.19 bits per heavy atom. The van der Waals surface area contributed by atoms with Gasteiger partial charge in [0.15, 0.2) is 0 Å². The van der Waals surface area contributed by atoms with Gasteiger partial charge in [0.2, 0.25) is 5.91 Å². The molecule has 0 bridgehead atoms. The van der Waals surface area contributed by atoms with E-state index in [1.54, 1.807) is 18.6 Å². The Hall–Kier alpha value is -2.84. The van der Waals surface area contributed by atoms with Crippen molar-refractivity contribution >= 4 is 16.9 Å². The fourth-order valence-electron chi connectivity index (χ4n) is 3.45. The van der Waals surface area contributed by atoms with Crippen LogP contribution in [0.4, 0.5) is 0 Å². The van der Waals surface area contributed by atoms with Gasteiger partial charge in [-0.05, 0) is 25.5 Å². The van der Waals surface area contributed by atoms with Gasteiger partial charge in [0, 0.05) is 43.6 Å². The van der Waals surface area contributed by atoms with Crippen LogP contribution >= 0.6 is 0 Å². The van der Waals surface area contributed by atoms with Crippen molar-refractivity contribution in [3.05, 3.63) is 54.9 Å². The monoisotopic (exact) mass is 365 g/mol. The second-order valence-electron chi connectivity index (χ2n) is 6.97. The third-order valence-electron chi connectivity index (χ3n) is 4.76. The van der Waals surface area contributed by atoms with E-state index in [9.17, 15) is 4.79 Å². The van der Waals surface area contributed by atoms with Crippen LogP contribution in [0, 0.1) is 0 Å². The molecule has 1 saturated heterocycles. The molecule has 3 heterocycles. The van der Waals surface area contributed by atoms with Crippen LogP contribution in [-0.4, -0.2) is 43.6 Å². The molecule has 27 heavy (non-hydrogen) atoms. The Labute approximate surface area is 157 Å². The van der Waals surface area contributed by atoms with Gasteiger partial charge in [-0.15, -0.1) is 0 Å². The molecule has 1 aliphatic rings. The first-order valence-corrected chi connectivity index (χ1v) is 9.15. The number of nitrogens with one attached hydrogen (secondary N) is 3. The highest BCUT2D eigenvalue weighted by Crippen LogP contribution is 2.15. The maximum Gasteiger partial charge on any atom is 0.238 e. The maximum atomic E-state index is 12.5. The van der Waals surface area contributed by atoms with Gasteiger partial charge in [0.05, 0.1) is 23.1 Å². The number of imidazole rings is 1. The fraction of sp³-hybridized carbons (Fsp3) is 0.368. The van der Waals surface area contributed by atoms with Crippen LogP contribution in [0.1, 0.15) is 19.0 Å². The molecule has 1 aromatic carbocycles. The smallest absolute Gasteiger partial charge is 0.238 e. The molecule has 0 aliphatic carbocycles. The summed E-state index contributed by atoms with van der Waals surface area (Å²) in [6.45, 7) is 2.73. The zero-order valence-electron chi connectivity index (χ0n) is 15.2. The van der Waals surface area contributed by atoms with Crippen LogP contribution in [0.15, 0.2) is 49.2 Å². The summed E-state index contributed by atoms with van der Waals surface area (Å²) in [5.74, 6) is -0.00289. The Morgan fingerprint density at radius 3 is 3.04 bits per heavy atom. The van der Waals surface area contributed by atoms with Crippen LogP contribution in [0.2, 0.25) is 0 Å². The molecule has 140 valence electrons. The Morgan fingerprint density at radius 1 is 1.30 bits per heavy atom. The van der Waals surface area contributed by atoms with Crippen LogP contribution in [0.5, 0.6) is 0 Å². The number of nitrogens with zero attached hydrogens (tertiary/aromatic N) is 4. The number of hydrazine groups is 1. The third-order valence-corrected chi connectivity index (χ3v) is 4.76. The van der Waals surface area contributed by atoms with E-state index in [0.717, 1.165) is 29.7 Å². The van der Waals surface area contributed by atoms with E-state index in [2.05, 4.69) is 41.8 Å². The minimum absolute atomic E-state index is 0.00289. The number of carbonyl (C=O) groups excluding carboxylic acids is 1. The highest BCUT2D eigenvalue weighted by atomic mass is 16.2. The summed E-state index contributed by atoms with van der Waals surface area (Å²) in [5.41, 5.74) is 9.30. The van der Waals surface area contributed by atoms with Crippen molar-refractivity contribution in [3.63, 3.8) is 0 Å². The molecule has 1 amide bonds. The van der Waals surface area contributed by atoms with Crippen LogP contribution < -0.4 is 16.2 Å². The van der Waals surface area contributed by atoms with Gasteiger partial charge in [-0.25, -0.2) is 10.4 Å². The lowest BCUT2D eigenvalue weighted by molar-refractivity contribution is -0.123. The first kappa shape index (κ1) is 17.6. The van der Waals surface area contributed by atoms with Gasteiger partial charge in [-0.1, -0.05) is 12.1 Å². The third kappa shape index (κ3) is 4.12. The summed E-state index contributed by atoms with van der Waals surface area (Å²) in [6.07, 6.45) is 8.26. The number of rotatable bonds is 6. The van der Waals surface area contributed by atoms with Crippen molar-refractivity contribution in [2.75, 3.05) is 0 Å². The van der Waals surface area contributed by atoms with E-state index in [1.165, 1.54) is 0 Å². The van der Waals surface area contributed by atoms with E-state index >= 15 is 0 Å². The zero-order chi connectivity index (χ0) is 18.6. The molecule has 3 unspecified atom stereocenters. The predicted molar refractivity (Wildman–Crippen MR) is 102 cm³/mol. The molecule has 0 spiro atoms. The van der Waals surface area contributed by atoms with E-state index in [4.69, 9.17) is 0 Å². The average molecular weight is 365 g/mol. The molecule has 2 aromatic heterocycles. The standard InChI is InChI=1S/C19H23N7O/c1-13(8-14-10-20-6-7-21-14)23-19(27)17-9-15(24-25-17)11-26-12-22-16-4-2-3-5-18(16)26/h2-7,10,12-13,15,17,24-25H,8-9,11H2,1H3,(H,23,27). The largest absolute Gasteiger partial charge is 0.352 e. The number of aromatic nitrogens is 4. The molecule has 3 N–H and O–H groups in total. The normalized spacial score (nSPS) is 20.6. The van der Waals surface area contributed by atoms with Crippen LogP contribution in [-0.2, 0) is 17.8 Å². The number of carbonyl (C=O) groups is 1. The quantitative estimate of drug-likeness (QED) is 0.598. The van der Waals surface area contributed by atoms with Crippen molar-refractivity contribution in [3.8, 4) is 0 Å². The Bertz CT molecular complexity index is 911. The van der Waals surface area contributed by atoms with Gasteiger partial charge in [-0.3, -0.25) is 20.2 Å². The molecule has 0 radical (unpaired) electrons. The molecular formula is C19H23N7O. The predicted octanol–water partition coefficient (Wildman–Crippen LogP) is 0.809. The van der Waals surface area contributed by atoms with Crippen molar-refractivity contribution in [2.45, 2.75) is 44.4 Å². The number of amides is 1. The Balaban J connectivity index is 1.30. The minimum atomic E-state index is -0.255. The molecule has 1 fully saturated rings. The Kier molecular flexibility index (Phi) is 5.08. The fourth-order valence-corrected chi connectivity index (χ4v) is 3.45. The van der Waals surface area contributed by atoms with E-state index < -0.39 is 0 Å². The molecule has 8 nitrogen and oxygen atoms in total. The molecule has 0 saturated carbocycles. The van der Waals surface area contributed by atoms with Crippen LogP contribution in [0.3, 0.4) is 0 Å². The second kappa shape index (κ2) is 7.81. The average Bonchev–Trinajstić information content (AvgIpc) is 3.30. The summed E-state index contributed by atoms with van der Waals surface area (Å²) in [7, 11) is 0. The zero-order valence-corrected chi connectivity index (χ0v) is 15.2. The number of fused-ring (bicyclic) bond motifs is 1. The highest BCUT2D eigenvalue weighted by Gasteiger charge is 2.30. The lowest BCUT2D eigenvalue weighted by atomic mass is 10.1. The van der Waals surface area contributed by atoms with Crippen molar-refractivity contribution < 1.29 is 4.79 Å². The van der Waals surface area contributed by atoms with E-state index in [-0.39, 0.29) is 24.0 Å². The van der Waals surface area contributed by atoms with E-state index in [1.807, 2.05) is 31.5 Å². The van der Waals surface area contributed by atoms with Gasteiger partial charge in [0.1, 0.15) is 6.04 Å². The lowest BCUT2D eigenvalue weighted by Crippen LogP contribution is -2.46. The summed E-state index contributed by atoms with van der Waals surface area (Å²) >= 11 is 0. The number of hydrogen-bond acceptors (Lipinski definition) is 6. The maximum absolute atomic E-state index is 12.5. The van der Waals surface area contributed by atoms with Gasteiger partial charge in [-0.2, -0.15) is 0 Å². The molecule has 3 atom stereocenters. The molecule has 3 aromatic rings. The molecule has 8 heteroatoms. The topological polar surface area (TPSA) is 96.8 Å². The van der Waals surface area contributed by atoms with Crippen molar-refractivity contribution in [1.82, 2.24) is 35.7 Å². The van der Waals surface area contributed by atoms with Gasteiger partial charge >= 0.3 is 0 Å². The number of hydrogen-bond donors (Lipinski definition) is 3. The van der Waals surface area contributed by atoms with Crippen LogP contribution in [0.25, 0.3) is 11.0 Å². The van der Waals surface area contributed by atoms with E-state index in [0.29, 0.717) is 6.42 Å². The second-order valence-corrected chi connectivity index (χ2v) is 6.97. The van der Waals surface area contributed by atoms with Crippen molar-refractivity contribution in [2.24, 2.45) is 0 Å². The number of benzene rings is 1. The first-order valence-electron chi connectivity index (χ1n) is 9.15. The van der Waals surface area contributed by atoms with Gasteiger partial charge < -0.3 is 9.88 Å². The first-order chi connectivity index (χ1) is 13.2. The summed E-state index contributed by atoms with van der Waals surface area (Å²) < 4.78 is 2.12. The molecule has 4 rings (SSSR count). The summed E-state index contributed by atoms with van der Waals surface area (Å²) in [6, 6.07) is 7.95. The van der Waals surface area contributed by atoms with Gasteiger partial charge in [0.25, 0.3) is 0 Å². The highest BCUT2D eigenvalue weighted by molar-refractivity contribution is 5.82. The molecule has 1 aliphatic heterocycles. The number of para-hydroxylation sites is 2.